The number of benzene rings is 1. The van der Waals surface area contributed by atoms with E-state index in [1.807, 2.05) is 36.9 Å². The number of nitrogens with one attached hydrogen (secondary N) is 2. The Balaban J connectivity index is 2.29. The van der Waals surface area contributed by atoms with Crippen molar-refractivity contribution in [3.63, 3.8) is 0 Å². The van der Waals surface area contributed by atoms with Crippen LogP contribution in [-0.4, -0.2) is 24.7 Å². The highest BCUT2D eigenvalue weighted by Crippen LogP contribution is 2.23. The molecule has 1 aromatic carbocycles. The Morgan fingerprint density at radius 3 is 2.89 bits per heavy atom. The molecule has 0 radical (unpaired) electrons. The average Bonchev–Trinajstić information content (AvgIpc) is 2.49. The van der Waals surface area contributed by atoms with Gasteiger partial charge in [0.2, 0.25) is 0 Å². The maximum absolute atomic E-state index is 12.3. The second-order valence-corrected chi connectivity index (χ2v) is 5.13. The standard InChI is InChI=1S/C14H21N3O/c1-10(2)16-14(18)17-9-11(3)15-8-12-6-4-5-7-13(12)17/h4-7,10-11,15H,8-9H2,1-3H3,(H,16,18). The third-order valence-corrected chi connectivity index (χ3v) is 3.04. The number of fused-ring (bicyclic) bond motifs is 1. The number of amides is 2. The van der Waals surface area contributed by atoms with Crippen molar-refractivity contribution >= 4 is 11.7 Å². The van der Waals surface area contributed by atoms with Crippen LogP contribution in [0, 0.1) is 0 Å². The van der Waals surface area contributed by atoms with Crippen molar-refractivity contribution in [2.75, 3.05) is 11.4 Å². The van der Waals surface area contributed by atoms with Crippen LogP contribution in [0.1, 0.15) is 26.3 Å². The van der Waals surface area contributed by atoms with Gasteiger partial charge in [0.25, 0.3) is 0 Å². The van der Waals surface area contributed by atoms with E-state index in [1.54, 1.807) is 0 Å². The van der Waals surface area contributed by atoms with Crippen molar-refractivity contribution in [2.45, 2.75) is 39.4 Å². The van der Waals surface area contributed by atoms with E-state index in [9.17, 15) is 4.79 Å². The van der Waals surface area contributed by atoms with Crippen molar-refractivity contribution < 1.29 is 4.79 Å². The summed E-state index contributed by atoms with van der Waals surface area (Å²) in [5.74, 6) is 0. The Morgan fingerprint density at radius 2 is 2.17 bits per heavy atom. The van der Waals surface area contributed by atoms with Crippen LogP contribution >= 0.6 is 0 Å². The topological polar surface area (TPSA) is 44.4 Å². The second-order valence-electron chi connectivity index (χ2n) is 5.13. The smallest absolute Gasteiger partial charge is 0.322 e. The molecule has 0 spiro atoms. The highest BCUT2D eigenvalue weighted by Gasteiger charge is 2.23. The third-order valence-electron chi connectivity index (χ3n) is 3.04. The van der Waals surface area contributed by atoms with Gasteiger partial charge in [-0.2, -0.15) is 0 Å². The molecule has 2 amide bonds. The van der Waals surface area contributed by atoms with E-state index in [0.717, 1.165) is 12.2 Å². The molecular weight excluding hydrogens is 226 g/mol. The van der Waals surface area contributed by atoms with Gasteiger partial charge in [0.1, 0.15) is 0 Å². The highest BCUT2D eigenvalue weighted by atomic mass is 16.2. The number of carbonyl (C=O) groups is 1. The Hall–Kier alpha value is -1.55. The molecular formula is C14H21N3O. The summed E-state index contributed by atoms with van der Waals surface area (Å²) in [7, 11) is 0. The summed E-state index contributed by atoms with van der Waals surface area (Å²) in [6, 6.07) is 8.48. The predicted molar refractivity (Wildman–Crippen MR) is 73.8 cm³/mol. The van der Waals surface area contributed by atoms with E-state index in [4.69, 9.17) is 0 Å². The van der Waals surface area contributed by atoms with Gasteiger partial charge in [0.15, 0.2) is 0 Å². The lowest BCUT2D eigenvalue weighted by Gasteiger charge is -2.25. The Morgan fingerprint density at radius 1 is 1.44 bits per heavy atom. The molecule has 0 aliphatic carbocycles. The first-order valence-electron chi connectivity index (χ1n) is 6.47. The Bertz CT molecular complexity index is 431. The first kappa shape index (κ1) is 12.9. The van der Waals surface area contributed by atoms with Gasteiger partial charge >= 0.3 is 6.03 Å². The first-order valence-corrected chi connectivity index (χ1v) is 6.47. The van der Waals surface area contributed by atoms with Gasteiger partial charge in [-0.15, -0.1) is 0 Å². The zero-order valence-electron chi connectivity index (χ0n) is 11.2. The van der Waals surface area contributed by atoms with Crippen LogP contribution in [0.4, 0.5) is 10.5 Å². The fourth-order valence-electron chi connectivity index (χ4n) is 2.16. The lowest BCUT2D eigenvalue weighted by molar-refractivity contribution is 0.243. The van der Waals surface area contributed by atoms with Crippen LogP contribution in [0.5, 0.6) is 0 Å². The van der Waals surface area contributed by atoms with Crippen LogP contribution < -0.4 is 15.5 Å². The SMILES string of the molecule is CC(C)NC(=O)N1CC(C)NCc2ccccc21. The number of hydrogen-bond acceptors (Lipinski definition) is 2. The van der Waals surface area contributed by atoms with Gasteiger partial charge < -0.3 is 10.6 Å². The van der Waals surface area contributed by atoms with Crippen LogP contribution in [-0.2, 0) is 6.54 Å². The number of hydrogen-bond donors (Lipinski definition) is 2. The minimum atomic E-state index is -0.0204. The summed E-state index contributed by atoms with van der Waals surface area (Å²) in [5.41, 5.74) is 2.17. The molecule has 98 valence electrons. The number of urea groups is 1. The maximum Gasteiger partial charge on any atom is 0.322 e. The minimum absolute atomic E-state index is 0.0204. The summed E-state index contributed by atoms with van der Waals surface area (Å²) in [4.78, 5) is 14.1. The van der Waals surface area contributed by atoms with Crippen LogP contribution in [0.25, 0.3) is 0 Å². The number of anilines is 1. The van der Waals surface area contributed by atoms with Crippen molar-refractivity contribution in [1.82, 2.24) is 10.6 Å². The number of para-hydroxylation sites is 1. The quantitative estimate of drug-likeness (QED) is 0.798. The summed E-state index contributed by atoms with van der Waals surface area (Å²) in [6.45, 7) is 7.55. The monoisotopic (exact) mass is 247 g/mol. The van der Waals surface area contributed by atoms with Crippen LogP contribution in [0.2, 0.25) is 0 Å². The molecule has 2 N–H and O–H groups in total. The van der Waals surface area contributed by atoms with Gasteiger partial charge in [0, 0.05) is 30.9 Å². The van der Waals surface area contributed by atoms with Gasteiger partial charge in [0.05, 0.1) is 0 Å². The molecule has 1 atom stereocenters. The van der Waals surface area contributed by atoms with E-state index < -0.39 is 0 Å². The lowest BCUT2D eigenvalue weighted by Crippen LogP contribution is -2.47. The molecule has 0 saturated heterocycles. The molecule has 0 bridgehead atoms. The van der Waals surface area contributed by atoms with E-state index in [2.05, 4.69) is 23.6 Å². The van der Waals surface area contributed by atoms with E-state index in [1.165, 1.54) is 5.56 Å². The van der Waals surface area contributed by atoms with E-state index in [0.29, 0.717) is 6.54 Å². The summed E-state index contributed by atoms with van der Waals surface area (Å²) in [5, 5.41) is 6.38. The van der Waals surface area contributed by atoms with Crippen LogP contribution in [0.3, 0.4) is 0 Å². The zero-order valence-corrected chi connectivity index (χ0v) is 11.2. The van der Waals surface area contributed by atoms with E-state index in [-0.39, 0.29) is 18.1 Å². The number of carbonyl (C=O) groups excluding carboxylic acids is 1. The molecule has 1 aliphatic heterocycles. The molecule has 0 aromatic heterocycles. The molecule has 1 heterocycles. The van der Waals surface area contributed by atoms with Gasteiger partial charge in [-0.1, -0.05) is 18.2 Å². The molecule has 2 rings (SSSR count). The molecule has 1 unspecified atom stereocenters. The zero-order chi connectivity index (χ0) is 13.1. The van der Waals surface area contributed by atoms with Gasteiger partial charge in [-0.05, 0) is 32.4 Å². The van der Waals surface area contributed by atoms with Gasteiger partial charge in [-0.3, -0.25) is 4.90 Å². The van der Waals surface area contributed by atoms with Crippen molar-refractivity contribution in [3.05, 3.63) is 29.8 Å². The highest BCUT2D eigenvalue weighted by molar-refractivity contribution is 5.93. The normalized spacial score (nSPS) is 19.3. The fourth-order valence-corrected chi connectivity index (χ4v) is 2.16. The summed E-state index contributed by atoms with van der Waals surface area (Å²) < 4.78 is 0. The summed E-state index contributed by atoms with van der Waals surface area (Å²) >= 11 is 0. The third kappa shape index (κ3) is 2.82. The second kappa shape index (κ2) is 5.40. The molecule has 4 nitrogen and oxygen atoms in total. The van der Waals surface area contributed by atoms with Crippen molar-refractivity contribution in [2.24, 2.45) is 0 Å². The number of nitrogens with zero attached hydrogens (tertiary/aromatic N) is 1. The molecule has 0 saturated carbocycles. The minimum Gasteiger partial charge on any atom is -0.336 e. The fraction of sp³-hybridized carbons (Fsp3) is 0.500. The Labute approximate surface area is 108 Å². The lowest BCUT2D eigenvalue weighted by atomic mass is 10.1. The van der Waals surface area contributed by atoms with E-state index >= 15 is 0 Å². The number of rotatable bonds is 1. The molecule has 4 heteroatoms. The van der Waals surface area contributed by atoms with Gasteiger partial charge in [-0.25, -0.2) is 4.79 Å². The first-order chi connectivity index (χ1) is 8.58. The molecule has 18 heavy (non-hydrogen) atoms. The largest absolute Gasteiger partial charge is 0.336 e. The van der Waals surface area contributed by atoms with Crippen LogP contribution in [0.15, 0.2) is 24.3 Å². The van der Waals surface area contributed by atoms with Crippen molar-refractivity contribution in [1.29, 1.82) is 0 Å². The molecule has 0 fully saturated rings. The Kier molecular flexibility index (Phi) is 3.87. The summed E-state index contributed by atoms with van der Waals surface area (Å²) in [6.07, 6.45) is 0. The molecule has 1 aromatic rings. The average molecular weight is 247 g/mol. The predicted octanol–water partition coefficient (Wildman–Crippen LogP) is 2.10. The maximum atomic E-state index is 12.3. The molecule has 1 aliphatic rings. The van der Waals surface area contributed by atoms with Crippen molar-refractivity contribution in [3.8, 4) is 0 Å².